The molecular formula is C16H14BrClOS. The number of alkyl halides is 1. The van der Waals surface area contributed by atoms with Crippen molar-refractivity contribution >= 4 is 39.3 Å². The standard InChI is InChI=1S/C16H14BrClOS/c17-8-11-4-3-6-14(18)16(11)19-9-12-10-20-15-7-2-1-5-13(12)15/h1-7,12H,8-10H2. The molecule has 1 aliphatic heterocycles. The van der Waals surface area contributed by atoms with Crippen molar-refractivity contribution in [2.75, 3.05) is 12.4 Å². The fraction of sp³-hybridized carbons (Fsp3) is 0.250. The first-order valence-corrected chi connectivity index (χ1v) is 8.96. The monoisotopic (exact) mass is 368 g/mol. The van der Waals surface area contributed by atoms with Gasteiger partial charge in [-0.05, 0) is 17.7 Å². The molecule has 0 spiro atoms. The van der Waals surface area contributed by atoms with Crippen molar-refractivity contribution in [1.29, 1.82) is 0 Å². The SMILES string of the molecule is Clc1cccc(CBr)c1OCC1CSc2ccccc21. The molecule has 1 heterocycles. The Morgan fingerprint density at radius 1 is 1.20 bits per heavy atom. The van der Waals surface area contributed by atoms with Crippen LogP contribution in [0.5, 0.6) is 5.75 Å². The maximum absolute atomic E-state index is 6.24. The number of thioether (sulfide) groups is 1. The van der Waals surface area contributed by atoms with Crippen molar-refractivity contribution < 1.29 is 4.74 Å². The molecule has 0 bridgehead atoms. The van der Waals surface area contributed by atoms with Gasteiger partial charge < -0.3 is 4.74 Å². The van der Waals surface area contributed by atoms with E-state index >= 15 is 0 Å². The second kappa shape index (κ2) is 6.42. The van der Waals surface area contributed by atoms with Crippen molar-refractivity contribution in [3.8, 4) is 5.75 Å². The molecule has 2 aromatic rings. The lowest BCUT2D eigenvalue weighted by Gasteiger charge is -2.15. The molecule has 0 N–H and O–H groups in total. The largest absolute Gasteiger partial charge is 0.491 e. The lowest BCUT2D eigenvalue weighted by molar-refractivity contribution is 0.296. The van der Waals surface area contributed by atoms with E-state index in [0.717, 1.165) is 22.4 Å². The summed E-state index contributed by atoms with van der Waals surface area (Å²) in [5.41, 5.74) is 2.49. The molecule has 2 aromatic carbocycles. The third kappa shape index (κ3) is 2.85. The van der Waals surface area contributed by atoms with E-state index in [4.69, 9.17) is 16.3 Å². The van der Waals surface area contributed by atoms with E-state index in [9.17, 15) is 0 Å². The number of hydrogen-bond acceptors (Lipinski definition) is 2. The van der Waals surface area contributed by atoms with E-state index in [2.05, 4.69) is 40.2 Å². The van der Waals surface area contributed by atoms with E-state index in [1.54, 1.807) is 0 Å². The Hall–Kier alpha value is -0.640. The van der Waals surface area contributed by atoms with Crippen molar-refractivity contribution in [2.24, 2.45) is 0 Å². The Kier molecular flexibility index (Phi) is 4.59. The first-order valence-electron chi connectivity index (χ1n) is 6.47. The van der Waals surface area contributed by atoms with Crippen LogP contribution in [0.25, 0.3) is 0 Å². The second-order valence-electron chi connectivity index (χ2n) is 4.72. The smallest absolute Gasteiger partial charge is 0.141 e. The summed E-state index contributed by atoms with van der Waals surface area (Å²) in [7, 11) is 0. The summed E-state index contributed by atoms with van der Waals surface area (Å²) >= 11 is 11.6. The third-order valence-corrected chi connectivity index (χ3v) is 5.57. The molecule has 0 aliphatic carbocycles. The van der Waals surface area contributed by atoms with E-state index in [1.165, 1.54) is 10.5 Å². The number of benzene rings is 2. The number of rotatable bonds is 4. The minimum Gasteiger partial charge on any atom is -0.491 e. The Balaban J connectivity index is 1.75. The highest BCUT2D eigenvalue weighted by atomic mass is 79.9. The highest BCUT2D eigenvalue weighted by molar-refractivity contribution is 9.08. The Bertz CT molecular complexity index is 617. The summed E-state index contributed by atoms with van der Waals surface area (Å²) in [5, 5.41) is 1.43. The predicted molar refractivity (Wildman–Crippen MR) is 89.5 cm³/mol. The summed E-state index contributed by atoms with van der Waals surface area (Å²) < 4.78 is 6.02. The number of fused-ring (bicyclic) bond motifs is 1. The minimum atomic E-state index is 0.440. The summed E-state index contributed by atoms with van der Waals surface area (Å²) in [5.74, 6) is 2.32. The molecule has 1 unspecified atom stereocenters. The van der Waals surface area contributed by atoms with Gasteiger partial charge in [0.15, 0.2) is 0 Å². The maximum Gasteiger partial charge on any atom is 0.141 e. The van der Waals surface area contributed by atoms with Crippen molar-refractivity contribution in [3.05, 3.63) is 58.6 Å². The first kappa shape index (κ1) is 14.3. The summed E-state index contributed by atoms with van der Waals surface area (Å²) in [6.07, 6.45) is 0. The van der Waals surface area contributed by atoms with Crippen LogP contribution in [0.15, 0.2) is 47.4 Å². The molecular weight excluding hydrogens is 356 g/mol. The van der Waals surface area contributed by atoms with Gasteiger partial charge >= 0.3 is 0 Å². The predicted octanol–water partition coefficient (Wildman–Crippen LogP) is 5.50. The van der Waals surface area contributed by atoms with Gasteiger partial charge in [0.25, 0.3) is 0 Å². The van der Waals surface area contributed by atoms with E-state index < -0.39 is 0 Å². The molecule has 0 fully saturated rings. The van der Waals surface area contributed by atoms with Crippen LogP contribution in [0, 0.1) is 0 Å². The van der Waals surface area contributed by atoms with Crippen LogP contribution in [0.3, 0.4) is 0 Å². The highest BCUT2D eigenvalue weighted by Crippen LogP contribution is 2.40. The van der Waals surface area contributed by atoms with Crippen LogP contribution in [-0.4, -0.2) is 12.4 Å². The normalized spacial score (nSPS) is 17.0. The average Bonchev–Trinajstić information content (AvgIpc) is 2.89. The molecule has 0 saturated carbocycles. The molecule has 0 radical (unpaired) electrons. The van der Waals surface area contributed by atoms with Crippen molar-refractivity contribution in [3.63, 3.8) is 0 Å². The van der Waals surface area contributed by atoms with Crippen LogP contribution in [0.1, 0.15) is 17.0 Å². The van der Waals surface area contributed by atoms with Gasteiger partial charge in [0, 0.05) is 27.5 Å². The van der Waals surface area contributed by atoms with Gasteiger partial charge in [-0.1, -0.05) is 57.9 Å². The highest BCUT2D eigenvalue weighted by Gasteiger charge is 2.23. The summed E-state index contributed by atoms with van der Waals surface area (Å²) in [4.78, 5) is 1.38. The molecule has 4 heteroatoms. The van der Waals surface area contributed by atoms with Gasteiger partial charge in [-0.25, -0.2) is 0 Å². The van der Waals surface area contributed by atoms with Gasteiger partial charge in [-0.2, -0.15) is 0 Å². The first-order chi connectivity index (χ1) is 9.79. The maximum atomic E-state index is 6.24. The summed E-state index contributed by atoms with van der Waals surface area (Å²) in [6.45, 7) is 0.674. The lowest BCUT2D eigenvalue weighted by atomic mass is 10.0. The Morgan fingerprint density at radius 3 is 2.90 bits per heavy atom. The Morgan fingerprint density at radius 2 is 2.05 bits per heavy atom. The molecule has 0 saturated heterocycles. The van der Waals surface area contributed by atoms with E-state index in [1.807, 2.05) is 30.0 Å². The quantitative estimate of drug-likeness (QED) is 0.658. The number of ether oxygens (including phenoxy) is 1. The Labute approximate surface area is 136 Å². The molecule has 104 valence electrons. The van der Waals surface area contributed by atoms with Crippen LogP contribution in [0.2, 0.25) is 5.02 Å². The van der Waals surface area contributed by atoms with Crippen molar-refractivity contribution in [1.82, 2.24) is 0 Å². The van der Waals surface area contributed by atoms with Gasteiger partial charge in [0.1, 0.15) is 5.75 Å². The zero-order valence-electron chi connectivity index (χ0n) is 10.8. The summed E-state index contributed by atoms with van der Waals surface area (Å²) in [6, 6.07) is 14.4. The van der Waals surface area contributed by atoms with Crippen LogP contribution in [-0.2, 0) is 5.33 Å². The molecule has 0 amide bonds. The van der Waals surface area contributed by atoms with E-state index in [-0.39, 0.29) is 0 Å². The second-order valence-corrected chi connectivity index (χ2v) is 6.75. The number of para-hydroxylation sites is 1. The lowest BCUT2D eigenvalue weighted by Crippen LogP contribution is -2.10. The van der Waals surface area contributed by atoms with Crippen LogP contribution < -0.4 is 4.74 Å². The number of hydrogen-bond donors (Lipinski definition) is 0. The zero-order chi connectivity index (χ0) is 13.9. The fourth-order valence-electron chi connectivity index (χ4n) is 2.37. The zero-order valence-corrected chi connectivity index (χ0v) is 14.0. The molecule has 1 aliphatic rings. The van der Waals surface area contributed by atoms with Gasteiger partial charge in [-0.3, -0.25) is 0 Å². The fourth-order valence-corrected chi connectivity index (χ4v) is 4.29. The minimum absolute atomic E-state index is 0.440. The molecule has 0 aromatic heterocycles. The topological polar surface area (TPSA) is 9.23 Å². The van der Waals surface area contributed by atoms with Crippen LogP contribution in [0.4, 0.5) is 0 Å². The van der Waals surface area contributed by atoms with Crippen LogP contribution >= 0.6 is 39.3 Å². The number of halogens is 2. The van der Waals surface area contributed by atoms with Gasteiger partial charge in [-0.15, -0.1) is 11.8 Å². The third-order valence-electron chi connectivity index (χ3n) is 3.42. The molecule has 3 rings (SSSR count). The van der Waals surface area contributed by atoms with Gasteiger partial charge in [0.05, 0.1) is 11.6 Å². The van der Waals surface area contributed by atoms with Crippen molar-refractivity contribution in [2.45, 2.75) is 16.1 Å². The van der Waals surface area contributed by atoms with Gasteiger partial charge in [0.2, 0.25) is 0 Å². The molecule has 1 nitrogen and oxygen atoms in total. The molecule has 20 heavy (non-hydrogen) atoms. The van der Waals surface area contributed by atoms with E-state index in [0.29, 0.717) is 17.5 Å². The molecule has 1 atom stereocenters. The average molecular weight is 370 g/mol.